The van der Waals surface area contributed by atoms with Crippen LogP contribution in [-0.2, 0) is 9.53 Å². The van der Waals surface area contributed by atoms with E-state index < -0.39 is 6.04 Å². The number of oxime groups is 1. The second-order valence-corrected chi connectivity index (χ2v) is 4.73. The van der Waals surface area contributed by atoms with Gasteiger partial charge in [0, 0.05) is 20.1 Å². The lowest BCUT2D eigenvalue weighted by Crippen LogP contribution is -2.44. The molecule has 0 bridgehead atoms. The fourth-order valence-electron chi connectivity index (χ4n) is 1.99. The van der Waals surface area contributed by atoms with E-state index in [-0.39, 0.29) is 17.8 Å². The molecule has 1 fully saturated rings. The molecule has 0 saturated carbocycles. The summed E-state index contributed by atoms with van der Waals surface area (Å²) in [5.41, 5.74) is 5.48. The van der Waals surface area contributed by atoms with Crippen LogP contribution >= 0.6 is 0 Å². The summed E-state index contributed by atoms with van der Waals surface area (Å²) in [5.74, 6) is 0.0306. The Hall–Kier alpha value is -1.30. The first-order valence-corrected chi connectivity index (χ1v) is 6.41. The third-order valence-corrected chi connectivity index (χ3v) is 3.47. The topological polar surface area (TPSA) is 88.2 Å². The second kappa shape index (κ2) is 7.20. The number of hydrogen-bond donors (Lipinski definition) is 2. The molecular weight excluding hydrogens is 234 g/mol. The smallest absolute Gasteiger partial charge is 0.223 e. The number of nitrogens with zero attached hydrogens (tertiary/aromatic N) is 2. The molecule has 1 rings (SSSR count). The van der Waals surface area contributed by atoms with E-state index in [9.17, 15) is 4.79 Å². The SMILES string of the molecule is CC(C(N)=NO)N(C)C(=O)CCC1CCCCO1. The number of amidine groups is 1. The van der Waals surface area contributed by atoms with Crippen molar-refractivity contribution in [1.29, 1.82) is 0 Å². The maximum Gasteiger partial charge on any atom is 0.223 e. The van der Waals surface area contributed by atoms with Crippen molar-refractivity contribution >= 4 is 11.7 Å². The lowest BCUT2D eigenvalue weighted by Gasteiger charge is -2.26. The zero-order chi connectivity index (χ0) is 13.5. The van der Waals surface area contributed by atoms with Crippen LogP contribution in [0.2, 0.25) is 0 Å². The predicted octanol–water partition coefficient (Wildman–Crippen LogP) is 0.929. The quantitative estimate of drug-likeness (QED) is 0.332. The van der Waals surface area contributed by atoms with Crippen molar-refractivity contribution in [3.8, 4) is 0 Å². The molecule has 18 heavy (non-hydrogen) atoms. The Balaban J connectivity index is 2.35. The standard InChI is InChI=1S/C12H23N3O3/c1-9(12(13)14-17)15(2)11(16)7-6-10-5-3-4-8-18-10/h9-10,17H,3-8H2,1-2H3,(H2,13,14). The molecule has 0 spiro atoms. The van der Waals surface area contributed by atoms with Gasteiger partial charge in [-0.2, -0.15) is 0 Å². The summed E-state index contributed by atoms with van der Waals surface area (Å²) in [6, 6.07) is -0.394. The Morgan fingerprint density at radius 3 is 2.89 bits per heavy atom. The van der Waals surface area contributed by atoms with Gasteiger partial charge in [-0.1, -0.05) is 5.16 Å². The minimum Gasteiger partial charge on any atom is -0.409 e. The van der Waals surface area contributed by atoms with Gasteiger partial charge in [0.25, 0.3) is 0 Å². The highest BCUT2D eigenvalue weighted by Gasteiger charge is 2.21. The summed E-state index contributed by atoms with van der Waals surface area (Å²) in [5, 5.41) is 11.5. The van der Waals surface area contributed by atoms with E-state index in [2.05, 4.69) is 5.16 Å². The van der Waals surface area contributed by atoms with Crippen LogP contribution in [0.1, 0.15) is 39.0 Å². The number of carbonyl (C=O) groups excluding carboxylic acids is 1. The Kier molecular flexibility index (Phi) is 5.91. The molecule has 0 aliphatic carbocycles. The van der Waals surface area contributed by atoms with Crippen LogP contribution in [0.3, 0.4) is 0 Å². The molecular formula is C12H23N3O3. The molecule has 1 aliphatic heterocycles. The fraction of sp³-hybridized carbons (Fsp3) is 0.833. The number of likely N-dealkylation sites (N-methyl/N-ethyl adjacent to an activating group) is 1. The van der Waals surface area contributed by atoms with Gasteiger partial charge in [-0.05, 0) is 32.6 Å². The normalized spacial score (nSPS) is 22.6. The minimum absolute atomic E-state index is 0.0109. The van der Waals surface area contributed by atoms with Crippen molar-refractivity contribution in [2.45, 2.75) is 51.2 Å². The lowest BCUT2D eigenvalue weighted by atomic mass is 10.0. The molecule has 0 radical (unpaired) electrons. The fourth-order valence-corrected chi connectivity index (χ4v) is 1.99. The molecule has 0 aromatic heterocycles. The Labute approximate surface area is 108 Å². The van der Waals surface area contributed by atoms with E-state index in [0.29, 0.717) is 6.42 Å². The van der Waals surface area contributed by atoms with E-state index in [1.807, 2.05) is 0 Å². The Bertz CT molecular complexity index is 301. The van der Waals surface area contributed by atoms with Crippen LogP contribution in [0.5, 0.6) is 0 Å². The highest BCUT2D eigenvalue weighted by molar-refractivity contribution is 5.89. The summed E-state index contributed by atoms with van der Waals surface area (Å²) < 4.78 is 5.58. The lowest BCUT2D eigenvalue weighted by molar-refractivity contribution is -0.131. The zero-order valence-corrected chi connectivity index (χ0v) is 11.1. The predicted molar refractivity (Wildman–Crippen MR) is 68.5 cm³/mol. The van der Waals surface area contributed by atoms with E-state index in [1.54, 1.807) is 14.0 Å². The molecule has 2 unspecified atom stereocenters. The average Bonchev–Trinajstić information content (AvgIpc) is 2.43. The third kappa shape index (κ3) is 4.18. The summed E-state index contributed by atoms with van der Waals surface area (Å²) in [6.45, 7) is 2.53. The second-order valence-electron chi connectivity index (χ2n) is 4.73. The van der Waals surface area contributed by atoms with E-state index in [1.165, 1.54) is 11.3 Å². The van der Waals surface area contributed by atoms with Gasteiger partial charge in [-0.3, -0.25) is 4.79 Å². The van der Waals surface area contributed by atoms with Crippen molar-refractivity contribution in [3.05, 3.63) is 0 Å². The average molecular weight is 257 g/mol. The largest absolute Gasteiger partial charge is 0.409 e. The number of ether oxygens (including phenoxy) is 1. The van der Waals surface area contributed by atoms with Gasteiger partial charge in [0.05, 0.1) is 12.1 Å². The first kappa shape index (κ1) is 14.8. The summed E-state index contributed by atoms with van der Waals surface area (Å²) in [6.07, 6.45) is 4.71. The third-order valence-electron chi connectivity index (χ3n) is 3.47. The monoisotopic (exact) mass is 257 g/mol. The molecule has 1 aliphatic rings. The maximum absolute atomic E-state index is 11.9. The van der Waals surface area contributed by atoms with E-state index >= 15 is 0 Å². The number of hydrogen-bond acceptors (Lipinski definition) is 4. The van der Waals surface area contributed by atoms with Gasteiger partial charge in [0.15, 0.2) is 5.84 Å². The Morgan fingerprint density at radius 1 is 1.61 bits per heavy atom. The minimum atomic E-state index is -0.394. The first-order valence-electron chi connectivity index (χ1n) is 6.41. The molecule has 6 nitrogen and oxygen atoms in total. The van der Waals surface area contributed by atoms with Crippen molar-refractivity contribution in [1.82, 2.24) is 4.90 Å². The van der Waals surface area contributed by atoms with E-state index in [4.69, 9.17) is 15.7 Å². The van der Waals surface area contributed by atoms with Crippen molar-refractivity contribution in [3.63, 3.8) is 0 Å². The summed E-state index contributed by atoms with van der Waals surface area (Å²) >= 11 is 0. The van der Waals surface area contributed by atoms with Crippen LogP contribution in [-0.4, -0.2) is 47.7 Å². The van der Waals surface area contributed by atoms with Crippen LogP contribution in [0, 0.1) is 0 Å². The van der Waals surface area contributed by atoms with Crippen LogP contribution in [0.15, 0.2) is 5.16 Å². The molecule has 6 heteroatoms. The molecule has 2 atom stereocenters. The maximum atomic E-state index is 11.9. The highest BCUT2D eigenvalue weighted by atomic mass is 16.5. The van der Waals surface area contributed by atoms with Crippen LogP contribution in [0.4, 0.5) is 0 Å². The molecule has 3 N–H and O–H groups in total. The molecule has 1 amide bonds. The van der Waals surface area contributed by atoms with Gasteiger partial charge >= 0.3 is 0 Å². The van der Waals surface area contributed by atoms with Gasteiger partial charge < -0.3 is 20.6 Å². The first-order chi connectivity index (χ1) is 8.56. The Morgan fingerprint density at radius 2 is 2.33 bits per heavy atom. The van der Waals surface area contributed by atoms with Crippen molar-refractivity contribution in [2.75, 3.05) is 13.7 Å². The highest BCUT2D eigenvalue weighted by Crippen LogP contribution is 2.17. The molecule has 104 valence electrons. The number of nitrogens with two attached hydrogens (primary N) is 1. The van der Waals surface area contributed by atoms with Crippen LogP contribution in [0.25, 0.3) is 0 Å². The van der Waals surface area contributed by atoms with Gasteiger partial charge in [-0.15, -0.1) is 0 Å². The van der Waals surface area contributed by atoms with E-state index in [0.717, 1.165) is 25.9 Å². The zero-order valence-electron chi connectivity index (χ0n) is 11.1. The summed E-state index contributed by atoms with van der Waals surface area (Å²) in [7, 11) is 1.66. The van der Waals surface area contributed by atoms with Gasteiger partial charge in [0.1, 0.15) is 0 Å². The number of amides is 1. The summed E-state index contributed by atoms with van der Waals surface area (Å²) in [4.78, 5) is 13.4. The molecule has 0 aromatic rings. The molecule has 1 heterocycles. The van der Waals surface area contributed by atoms with Gasteiger partial charge in [0.2, 0.25) is 5.91 Å². The molecule has 0 aromatic carbocycles. The molecule has 1 saturated heterocycles. The van der Waals surface area contributed by atoms with Crippen molar-refractivity contribution < 1.29 is 14.7 Å². The van der Waals surface area contributed by atoms with Crippen molar-refractivity contribution in [2.24, 2.45) is 10.9 Å². The number of rotatable bonds is 5. The van der Waals surface area contributed by atoms with Crippen LogP contribution < -0.4 is 5.73 Å². The number of carbonyl (C=O) groups is 1. The van der Waals surface area contributed by atoms with Gasteiger partial charge in [-0.25, -0.2) is 0 Å².